The molecule has 3 fully saturated rings. The summed E-state index contributed by atoms with van der Waals surface area (Å²) in [6, 6.07) is 0. The van der Waals surface area contributed by atoms with Crippen molar-refractivity contribution >= 4 is 23.6 Å². The molecule has 2 bridgehead atoms. The standard InChI is InChI=1S/C24H40N4O5/c1-5-7-8-9-10-11-18-32-21-15-12-16(22(21)33-18)20(24(31)28(4)6-2)19(15)23(30)26-13-17(29)27-14(3)25/h15-16,18-22H,5-13H2,1-4H3,(H,26,30)(H2,25,27,29). The zero-order valence-electron chi connectivity index (χ0n) is 20.4. The third-order valence-electron chi connectivity index (χ3n) is 7.34. The average Bonchev–Trinajstić information content (AvgIpc) is 3.45. The normalized spacial score (nSPS) is 32.6. The maximum absolute atomic E-state index is 13.3. The molecule has 33 heavy (non-hydrogen) atoms. The number of fused-ring (bicyclic) bond motifs is 5. The van der Waals surface area contributed by atoms with Gasteiger partial charge in [-0.2, -0.15) is 4.99 Å². The molecule has 7 unspecified atom stereocenters. The zero-order chi connectivity index (χ0) is 24.1. The first-order valence-electron chi connectivity index (χ1n) is 12.5. The van der Waals surface area contributed by atoms with Crippen LogP contribution in [0, 0.1) is 23.7 Å². The fourth-order valence-corrected chi connectivity index (χ4v) is 5.72. The van der Waals surface area contributed by atoms with Gasteiger partial charge in [-0.15, -0.1) is 0 Å². The van der Waals surface area contributed by atoms with E-state index in [4.69, 9.17) is 15.2 Å². The van der Waals surface area contributed by atoms with Crippen LogP contribution in [0.1, 0.15) is 65.7 Å². The van der Waals surface area contributed by atoms with Crippen molar-refractivity contribution in [2.45, 2.75) is 84.2 Å². The number of carbonyl (C=O) groups is 3. The van der Waals surface area contributed by atoms with Crippen LogP contribution in [0.2, 0.25) is 0 Å². The summed E-state index contributed by atoms with van der Waals surface area (Å²) in [6.45, 7) is 5.96. The number of aliphatic imine (C=N–C) groups is 1. The number of amidine groups is 1. The molecule has 7 atom stereocenters. The van der Waals surface area contributed by atoms with E-state index >= 15 is 0 Å². The van der Waals surface area contributed by atoms with E-state index in [1.807, 2.05) is 6.92 Å². The SMILES string of the molecule is CCCCCCCC1OC2C3CC(C2O1)C(C(=O)N(C)CC)C3C(=O)NCC(=O)N=C(C)N. The van der Waals surface area contributed by atoms with Crippen molar-refractivity contribution in [3.63, 3.8) is 0 Å². The van der Waals surface area contributed by atoms with E-state index in [0.29, 0.717) is 6.54 Å². The van der Waals surface area contributed by atoms with E-state index in [2.05, 4.69) is 17.2 Å². The summed E-state index contributed by atoms with van der Waals surface area (Å²) in [4.78, 5) is 43.6. The molecule has 3 N–H and O–H groups in total. The molecule has 1 saturated heterocycles. The largest absolute Gasteiger partial charge is 0.387 e. The molecule has 1 aliphatic heterocycles. The van der Waals surface area contributed by atoms with Crippen molar-refractivity contribution in [3.8, 4) is 0 Å². The van der Waals surface area contributed by atoms with Gasteiger partial charge in [0, 0.05) is 25.4 Å². The van der Waals surface area contributed by atoms with Gasteiger partial charge in [-0.25, -0.2) is 0 Å². The van der Waals surface area contributed by atoms with Crippen molar-refractivity contribution in [1.82, 2.24) is 10.2 Å². The maximum atomic E-state index is 13.3. The van der Waals surface area contributed by atoms with Crippen LogP contribution in [0.5, 0.6) is 0 Å². The number of nitrogens with zero attached hydrogens (tertiary/aromatic N) is 2. The summed E-state index contributed by atoms with van der Waals surface area (Å²) in [5.74, 6) is -1.87. The Morgan fingerprint density at radius 2 is 1.67 bits per heavy atom. The second-order valence-electron chi connectivity index (χ2n) is 9.67. The second-order valence-corrected chi connectivity index (χ2v) is 9.67. The van der Waals surface area contributed by atoms with Gasteiger partial charge in [0.1, 0.15) is 0 Å². The van der Waals surface area contributed by atoms with Gasteiger partial charge in [0.25, 0.3) is 5.91 Å². The van der Waals surface area contributed by atoms with E-state index in [1.54, 1.807) is 11.9 Å². The highest BCUT2D eigenvalue weighted by molar-refractivity contribution is 5.96. The zero-order valence-corrected chi connectivity index (χ0v) is 20.4. The third-order valence-corrected chi connectivity index (χ3v) is 7.34. The lowest BCUT2D eigenvalue weighted by Crippen LogP contribution is -2.52. The van der Waals surface area contributed by atoms with Gasteiger partial charge in [0.05, 0.1) is 36.4 Å². The smallest absolute Gasteiger partial charge is 0.266 e. The molecule has 0 aromatic rings. The highest BCUT2D eigenvalue weighted by atomic mass is 16.7. The summed E-state index contributed by atoms with van der Waals surface area (Å²) in [5.41, 5.74) is 5.45. The van der Waals surface area contributed by atoms with Crippen LogP contribution in [0.4, 0.5) is 0 Å². The van der Waals surface area contributed by atoms with Crippen LogP contribution < -0.4 is 11.1 Å². The summed E-state index contributed by atoms with van der Waals surface area (Å²) < 4.78 is 12.5. The van der Waals surface area contributed by atoms with Gasteiger partial charge in [0.2, 0.25) is 11.8 Å². The van der Waals surface area contributed by atoms with Crippen LogP contribution in [0.3, 0.4) is 0 Å². The molecule has 2 aliphatic carbocycles. The molecule has 3 rings (SSSR count). The molecule has 2 saturated carbocycles. The summed E-state index contributed by atoms with van der Waals surface area (Å²) >= 11 is 0. The van der Waals surface area contributed by atoms with Crippen LogP contribution in [0.15, 0.2) is 4.99 Å². The Bertz CT molecular complexity index is 753. The van der Waals surface area contributed by atoms with E-state index in [-0.39, 0.29) is 54.5 Å². The maximum Gasteiger partial charge on any atom is 0.266 e. The Morgan fingerprint density at radius 3 is 2.27 bits per heavy atom. The topological polar surface area (TPSA) is 123 Å². The van der Waals surface area contributed by atoms with E-state index < -0.39 is 17.7 Å². The van der Waals surface area contributed by atoms with Gasteiger partial charge in [-0.1, -0.05) is 32.6 Å². The molecule has 0 aromatic heterocycles. The monoisotopic (exact) mass is 464 g/mol. The van der Waals surface area contributed by atoms with Gasteiger partial charge in [-0.3, -0.25) is 14.4 Å². The Hall–Kier alpha value is -2.00. The first-order chi connectivity index (χ1) is 15.8. The Labute approximate surface area is 196 Å². The fourth-order valence-electron chi connectivity index (χ4n) is 5.72. The van der Waals surface area contributed by atoms with Crippen LogP contribution in [-0.2, 0) is 23.9 Å². The number of hydrogen-bond acceptors (Lipinski definition) is 5. The minimum atomic E-state index is -0.541. The number of amides is 3. The average molecular weight is 465 g/mol. The summed E-state index contributed by atoms with van der Waals surface area (Å²) in [6.07, 6.45) is 6.84. The minimum Gasteiger partial charge on any atom is -0.387 e. The van der Waals surface area contributed by atoms with Gasteiger partial charge < -0.3 is 25.4 Å². The molecule has 3 amide bonds. The molecular weight excluding hydrogens is 424 g/mol. The Balaban J connectivity index is 1.68. The van der Waals surface area contributed by atoms with Gasteiger partial charge in [0.15, 0.2) is 6.29 Å². The highest BCUT2D eigenvalue weighted by Crippen LogP contribution is 2.57. The van der Waals surface area contributed by atoms with Crippen molar-refractivity contribution in [1.29, 1.82) is 0 Å². The van der Waals surface area contributed by atoms with Crippen LogP contribution >= 0.6 is 0 Å². The first-order valence-corrected chi connectivity index (χ1v) is 12.5. The minimum absolute atomic E-state index is 0.0441. The lowest BCUT2D eigenvalue weighted by molar-refractivity contribution is -0.146. The second kappa shape index (κ2) is 11.4. The number of unbranched alkanes of at least 4 members (excludes halogenated alkanes) is 4. The summed E-state index contributed by atoms with van der Waals surface area (Å²) in [7, 11) is 1.76. The lowest BCUT2D eigenvalue weighted by atomic mass is 9.75. The summed E-state index contributed by atoms with van der Waals surface area (Å²) in [5, 5.41) is 2.68. The van der Waals surface area contributed by atoms with Crippen LogP contribution in [0.25, 0.3) is 0 Å². The van der Waals surface area contributed by atoms with Crippen molar-refractivity contribution in [2.24, 2.45) is 34.4 Å². The molecule has 0 radical (unpaired) electrons. The highest BCUT2D eigenvalue weighted by Gasteiger charge is 2.66. The number of carbonyl (C=O) groups excluding carboxylic acids is 3. The lowest BCUT2D eigenvalue weighted by Gasteiger charge is -2.36. The molecule has 0 aromatic carbocycles. The number of ether oxygens (including phenoxy) is 2. The van der Waals surface area contributed by atoms with Crippen molar-refractivity contribution in [3.05, 3.63) is 0 Å². The van der Waals surface area contributed by atoms with E-state index in [0.717, 1.165) is 25.7 Å². The predicted octanol–water partition coefficient (Wildman–Crippen LogP) is 1.84. The predicted molar refractivity (Wildman–Crippen MR) is 124 cm³/mol. The Morgan fingerprint density at radius 1 is 1.03 bits per heavy atom. The fraction of sp³-hybridized carbons (Fsp3) is 0.833. The van der Waals surface area contributed by atoms with E-state index in [1.165, 1.54) is 26.2 Å². The number of rotatable bonds is 11. The molecule has 3 aliphatic rings. The van der Waals surface area contributed by atoms with Gasteiger partial charge >= 0.3 is 0 Å². The van der Waals surface area contributed by atoms with Crippen LogP contribution in [-0.4, -0.2) is 67.1 Å². The third kappa shape index (κ3) is 5.74. The Kier molecular flexibility index (Phi) is 8.87. The first kappa shape index (κ1) is 25.6. The number of nitrogens with one attached hydrogen (secondary N) is 1. The quantitative estimate of drug-likeness (QED) is 0.273. The number of hydrogen-bond donors (Lipinski definition) is 2. The number of nitrogens with two attached hydrogens (primary N) is 1. The molecule has 1 heterocycles. The van der Waals surface area contributed by atoms with Gasteiger partial charge in [-0.05, 0) is 33.1 Å². The molecule has 9 nitrogen and oxygen atoms in total. The van der Waals surface area contributed by atoms with Crippen molar-refractivity contribution in [2.75, 3.05) is 20.1 Å². The van der Waals surface area contributed by atoms with E-state index in [9.17, 15) is 14.4 Å². The molecule has 186 valence electrons. The molecular formula is C24H40N4O5. The molecule has 9 heteroatoms. The van der Waals surface area contributed by atoms with Crippen molar-refractivity contribution < 1.29 is 23.9 Å². The molecule has 0 spiro atoms.